The zero-order chi connectivity index (χ0) is 12.8. The molecule has 0 bridgehead atoms. The fourth-order valence-electron chi connectivity index (χ4n) is 2.00. The van der Waals surface area contributed by atoms with Crippen molar-refractivity contribution >= 4 is 36.4 Å². The van der Waals surface area contributed by atoms with Crippen LogP contribution in [-0.4, -0.2) is 20.8 Å². The van der Waals surface area contributed by atoms with Gasteiger partial charge >= 0.3 is 0 Å². The number of aromatic nitrogens is 2. The molecule has 7 heteroatoms. The number of carbonyl (C=O) groups excluding carboxylic acids is 1. The van der Waals surface area contributed by atoms with Gasteiger partial charge in [0.15, 0.2) is 0 Å². The summed E-state index contributed by atoms with van der Waals surface area (Å²) in [6, 6.07) is 4.00. The molecule has 3 rings (SSSR count). The SMILES string of the molecule is Cc1cccn2cc(CNC(=O)C3(N)CC3)nc12.Cl.Cl. The summed E-state index contributed by atoms with van der Waals surface area (Å²) < 4.78 is 1.96. The highest BCUT2D eigenvalue weighted by Crippen LogP contribution is 2.32. The van der Waals surface area contributed by atoms with Crippen LogP contribution in [0.2, 0.25) is 0 Å². The highest BCUT2D eigenvalue weighted by atomic mass is 35.5. The fourth-order valence-corrected chi connectivity index (χ4v) is 2.00. The zero-order valence-electron chi connectivity index (χ0n) is 11.1. The van der Waals surface area contributed by atoms with E-state index in [0.29, 0.717) is 6.54 Å². The maximum absolute atomic E-state index is 11.7. The van der Waals surface area contributed by atoms with Gasteiger partial charge in [-0.2, -0.15) is 0 Å². The van der Waals surface area contributed by atoms with Crippen molar-refractivity contribution in [2.75, 3.05) is 0 Å². The average Bonchev–Trinajstić information content (AvgIpc) is 2.95. The van der Waals surface area contributed by atoms with Crippen LogP contribution < -0.4 is 11.1 Å². The van der Waals surface area contributed by atoms with E-state index in [4.69, 9.17) is 5.73 Å². The van der Waals surface area contributed by atoms with Crippen molar-refractivity contribution in [3.05, 3.63) is 35.8 Å². The number of hydrogen-bond acceptors (Lipinski definition) is 3. The van der Waals surface area contributed by atoms with Gasteiger partial charge in [-0.05, 0) is 31.4 Å². The molecule has 2 aromatic rings. The van der Waals surface area contributed by atoms with Crippen LogP contribution in [0.15, 0.2) is 24.5 Å². The van der Waals surface area contributed by atoms with Gasteiger partial charge in [-0.15, -0.1) is 24.8 Å². The van der Waals surface area contributed by atoms with Gasteiger partial charge in [-0.3, -0.25) is 4.79 Å². The topological polar surface area (TPSA) is 72.4 Å². The molecule has 1 aliphatic rings. The monoisotopic (exact) mass is 316 g/mol. The quantitative estimate of drug-likeness (QED) is 0.903. The van der Waals surface area contributed by atoms with E-state index >= 15 is 0 Å². The van der Waals surface area contributed by atoms with Crippen molar-refractivity contribution in [3.8, 4) is 0 Å². The normalized spacial score (nSPS) is 15.1. The first-order chi connectivity index (χ1) is 8.58. The number of carbonyl (C=O) groups is 1. The minimum Gasteiger partial charge on any atom is -0.349 e. The number of amides is 1. The molecule has 1 aliphatic carbocycles. The van der Waals surface area contributed by atoms with E-state index < -0.39 is 5.54 Å². The number of nitrogens with zero attached hydrogens (tertiary/aromatic N) is 2. The lowest BCUT2D eigenvalue weighted by Gasteiger charge is -2.08. The second-order valence-electron chi connectivity index (χ2n) is 4.99. The molecule has 0 saturated heterocycles. The van der Waals surface area contributed by atoms with Crippen molar-refractivity contribution in [1.29, 1.82) is 0 Å². The van der Waals surface area contributed by atoms with Crippen molar-refractivity contribution < 1.29 is 4.79 Å². The number of imidazole rings is 1. The third kappa shape index (κ3) is 3.06. The molecule has 2 heterocycles. The van der Waals surface area contributed by atoms with Crippen LogP contribution >= 0.6 is 24.8 Å². The Hall–Kier alpha value is -1.30. The van der Waals surface area contributed by atoms with Gasteiger partial charge in [-0.25, -0.2) is 4.98 Å². The first kappa shape index (κ1) is 16.8. The lowest BCUT2D eigenvalue weighted by atomic mass is 10.3. The molecule has 2 aromatic heterocycles. The summed E-state index contributed by atoms with van der Waals surface area (Å²) in [6.07, 6.45) is 5.44. The smallest absolute Gasteiger partial charge is 0.240 e. The number of rotatable bonds is 3. The molecule has 0 unspecified atom stereocenters. The average molecular weight is 317 g/mol. The minimum absolute atomic E-state index is 0. The van der Waals surface area contributed by atoms with Gasteiger partial charge in [-0.1, -0.05) is 6.07 Å². The van der Waals surface area contributed by atoms with Crippen molar-refractivity contribution in [2.24, 2.45) is 5.73 Å². The Kier molecular flexibility index (Phi) is 5.02. The zero-order valence-corrected chi connectivity index (χ0v) is 12.8. The van der Waals surface area contributed by atoms with Crippen LogP contribution in [0.25, 0.3) is 5.65 Å². The van der Waals surface area contributed by atoms with Crippen LogP contribution in [0, 0.1) is 6.92 Å². The van der Waals surface area contributed by atoms with Gasteiger partial charge in [0, 0.05) is 12.4 Å². The van der Waals surface area contributed by atoms with Crippen LogP contribution in [-0.2, 0) is 11.3 Å². The summed E-state index contributed by atoms with van der Waals surface area (Å²) in [6.45, 7) is 2.45. The molecular weight excluding hydrogens is 299 g/mol. The summed E-state index contributed by atoms with van der Waals surface area (Å²) in [5, 5.41) is 2.84. The Morgan fingerprint density at radius 1 is 1.50 bits per heavy atom. The predicted molar refractivity (Wildman–Crippen MR) is 82.4 cm³/mol. The Bertz CT molecular complexity index is 622. The lowest BCUT2D eigenvalue weighted by Crippen LogP contribution is -2.42. The third-order valence-electron chi connectivity index (χ3n) is 3.40. The van der Waals surface area contributed by atoms with Gasteiger partial charge < -0.3 is 15.5 Å². The van der Waals surface area contributed by atoms with Gasteiger partial charge in [0.05, 0.1) is 17.8 Å². The van der Waals surface area contributed by atoms with E-state index in [1.54, 1.807) is 0 Å². The molecule has 1 fully saturated rings. The molecule has 1 saturated carbocycles. The van der Waals surface area contributed by atoms with Crippen LogP contribution in [0.4, 0.5) is 0 Å². The molecule has 1 amide bonds. The standard InChI is InChI=1S/C13H16N4O.2ClH/c1-9-3-2-6-17-8-10(16-11(9)17)7-15-12(18)13(14)4-5-13;;/h2-3,6,8H,4-5,7,14H2,1H3,(H,15,18);2*1H. The first-order valence-electron chi connectivity index (χ1n) is 6.09. The van der Waals surface area contributed by atoms with Gasteiger partial charge in [0.1, 0.15) is 5.65 Å². The molecular formula is C13H18Cl2N4O. The number of nitrogens with one attached hydrogen (secondary N) is 1. The van der Waals surface area contributed by atoms with Crippen molar-refractivity contribution in [2.45, 2.75) is 31.8 Å². The number of hydrogen-bond donors (Lipinski definition) is 2. The fraction of sp³-hybridized carbons (Fsp3) is 0.385. The molecule has 20 heavy (non-hydrogen) atoms. The number of pyridine rings is 1. The Balaban J connectivity index is 0.000001000. The number of halogens is 2. The summed E-state index contributed by atoms with van der Waals surface area (Å²) in [5.41, 5.74) is 8.09. The molecule has 0 spiro atoms. The third-order valence-corrected chi connectivity index (χ3v) is 3.40. The highest BCUT2D eigenvalue weighted by Gasteiger charge is 2.45. The molecule has 3 N–H and O–H groups in total. The predicted octanol–water partition coefficient (Wildman–Crippen LogP) is 1.59. The molecule has 5 nitrogen and oxygen atoms in total. The van der Waals surface area contributed by atoms with Crippen LogP contribution in [0.1, 0.15) is 24.1 Å². The second kappa shape index (κ2) is 5.99. The summed E-state index contributed by atoms with van der Waals surface area (Å²) in [7, 11) is 0. The van der Waals surface area contributed by atoms with Crippen molar-refractivity contribution in [1.82, 2.24) is 14.7 Å². The van der Waals surface area contributed by atoms with Crippen molar-refractivity contribution in [3.63, 3.8) is 0 Å². The Morgan fingerprint density at radius 2 is 2.20 bits per heavy atom. The summed E-state index contributed by atoms with van der Waals surface area (Å²) in [5.74, 6) is -0.0729. The maximum Gasteiger partial charge on any atom is 0.240 e. The van der Waals surface area contributed by atoms with Gasteiger partial charge in [0.2, 0.25) is 5.91 Å². The molecule has 110 valence electrons. The lowest BCUT2D eigenvalue weighted by molar-refractivity contribution is -0.123. The van der Waals surface area contributed by atoms with Crippen LogP contribution in [0.3, 0.4) is 0 Å². The first-order valence-corrected chi connectivity index (χ1v) is 6.09. The van der Waals surface area contributed by atoms with E-state index in [1.807, 2.05) is 35.9 Å². The molecule has 0 aliphatic heterocycles. The Morgan fingerprint density at radius 3 is 2.80 bits per heavy atom. The van der Waals surface area contributed by atoms with E-state index in [1.165, 1.54) is 0 Å². The summed E-state index contributed by atoms with van der Waals surface area (Å²) >= 11 is 0. The maximum atomic E-state index is 11.7. The molecule has 0 atom stereocenters. The van der Waals surface area contributed by atoms with Crippen LogP contribution in [0.5, 0.6) is 0 Å². The second-order valence-corrected chi connectivity index (χ2v) is 4.99. The van der Waals surface area contributed by atoms with E-state index in [-0.39, 0.29) is 30.7 Å². The number of nitrogens with two attached hydrogens (primary N) is 1. The largest absolute Gasteiger partial charge is 0.349 e. The highest BCUT2D eigenvalue weighted by molar-refractivity contribution is 5.88. The van der Waals surface area contributed by atoms with Gasteiger partial charge in [0.25, 0.3) is 0 Å². The summed E-state index contributed by atoms with van der Waals surface area (Å²) in [4.78, 5) is 16.2. The Labute approximate surface area is 129 Å². The number of fused-ring (bicyclic) bond motifs is 1. The number of aryl methyl sites for hydroxylation is 1. The van der Waals surface area contributed by atoms with E-state index in [0.717, 1.165) is 29.7 Å². The minimum atomic E-state index is -0.616. The van der Waals surface area contributed by atoms with E-state index in [2.05, 4.69) is 10.3 Å². The van der Waals surface area contributed by atoms with E-state index in [9.17, 15) is 4.79 Å². The molecule has 0 aromatic carbocycles. The molecule has 0 radical (unpaired) electrons.